The van der Waals surface area contributed by atoms with Gasteiger partial charge in [-0.05, 0) is 31.3 Å². The molecule has 0 unspecified atom stereocenters. The molecule has 0 amide bonds. The summed E-state index contributed by atoms with van der Waals surface area (Å²) in [5.74, 6) is 0.845. The molecule has 11 heavy (non-hydrogen) atoms. The molecule has 0 aliphatic carbocycles. The molecular weight excluding hydrogens is 138 g/mol. The van der Waals surface area contributed by atoms with Gasteiger partial charge < -0.3 is 4.74 Å². The number of aryl methyl sites for hydroxylation is 1. The summed E-state index contributed by atoms with van der Waals surface area (Å²) in [7, 11) is 0. The smallest absolute Gasteiger partial charge is 0.178 e. The zero-order valence-electron chi connectivity index (χ0n) is 6.58. The second kappa shape index (κ2) is 3.76. The Morgan fingerprint density at radius 1 is 1.55 bits per heavy atom. The van der Waals surface area contributed by atoms with Crippen LogP contribution < -0.4 is 4.74 Å². The normalized spacial score (nSPS) is 9.18. The van der Waals surface area contributed by atoms with Crippen molar-refractivity contribution >= 4 is 6.72 Å². The Bertz CT molecular complexity index is 245. The van der Waals surface area contributed by atoms with Crippen LogP contribution in [0.1, 0.15) is 5.56 Å². The van der Waals surface area contributed by atoms with E-state index in [1.807, 2.05) is 31.2 Å². The van der Waals surface area contributed by atoms with Crippen molar-refractivity contribution < 1.29 is 4.74 Å². The van der Waals surface area contributed by atoms with Crippen LogP contribution >= 0.6 is 0 Å². The highest BCUT2D eigenvalue weighted by Crippen LogP contribution is 2.11. The Labute approximate surface area is 66.5 Å². The molecule has 0 aliphatic heterocycles. The van der Waals surface area contributed by atoms with Crippen molar-refractivity contribution in [1.29, 1.82) is 0 Å². The number of benzene rings is 1. The predicted octanol–water partition coefficient (Wildman–Crippen LogP) is 2.03. The van der Waals surface area contributed by atoms with Crippen LogP contribution in [0.2, 0.25) is 0 Å². The summed E-state index contributed by atoms with van der Waals surface area (Å²) in [6, 6.07) is 7.84. The summed E-state index contributed by atoms with van der Waals surface area (Å²) in [5.41, 5.74) is 1.19. The molecule has 1 aromatic carbocycles. The molecule has 58 valence electrons. The summed E-state index contributed by atoms with van der Waals surface area (Å²) in [5, 5.41) is 0. The summed E-state index contributed by atoms with van der Waals surface area (Å²) in [6.07, 6.45) is 0. The van der Waals surface area contributed by atoms with E-state index >= 15 is 0 Å². The number of ether oxygens (including phenoxy) is 1. The molecule has 0 spiro atoms. The summed E-state index contributed by atoms with van der Waals surface area (Å²) >= 11 is 0. The van der Waals surface area contributed by atoms with Gasteiger partial charge in [-0.25, -0.2) is 0 Å². The molecular formula is C9H11NO. The van der Waals surface area contributed by atoms with E-state index in [0.29, 0.717) is 6.73 Å². The third-order valence-corrected chi connectivity index (χ3v) is 1.31. The van der Waals surface area contributed by atoms with Gasteiger partial charge in [0.2, 0.25) is 0 Å². The Balaban J connectivity index is 2.63. The Hall–Kier alpha value is -1.31. The number of nitrogens with zero attached hydrogens (tertiary/aromatic N) is 1. The van der Waals surface area contributed by atoms with Gasteiger partial charge in [-0.1, -0.05) is 12.1 Å². The lowest BCUT2D eigenvalue weighted by atomic mass is 10.2. The maximum Gasteiger partial charge on any atom is 0.178 e. The van der Waals surface area contributed by atoms with Crippen molar-refractivity contribution in [3.63, 3.8) is 0 Å². The highest BCUT2D eigenvalue weighted by atomic mass is 16.5. The lowest BCUT2D eigenvalue weighted by molar-refractivity contribution is 0.332. The van der Waals surface area contributed by atoms with Crippen molar-refractivity contribution in [2.45, 2.75) is 6.92 Å². The van der Waals surface area contributed by atoms with Crippen molar-refractivity contribution in [2.24, 2.45) is 4.99 Å². The molecule has 0 aromatic heterocycles. The van der Waals surface area contributed by atoms with Crippen molar-refractivity contribution in [1.82, 2.24) is 0 Å². The fourth-order valence-electron chi connectivity index (χ4n) is 0.825. The largest absolute Gasteiger partial charge is 0.471 e. The minimum atomic E-state index is 0.323. The molecule has 0 radical (unpaired) electrons. The first-order valence-corrected chi connectivity index (χ1v) is 3.45. The lowest BCUT2D eigenvalue weighted by Gasteiger charge is -2.01. The standard InChI is InChI=1S/C9H11NO/c1-8-4-3-5-9(6-8)11-7-10-2/h3-6H,2,7H2,1H3. The van der Waals surface area contributed by atoms with Crippen LogP contribution in [0.4, 0.5) is 0 Å². The molecule has 0 aliphatic rings. The molecule has 0 N–H and O–H groups in total. The molecule has 0 heterocycles. The van der Waals surface area contributed by atoms with E-state index in [1.165, 1.54) is 5.56 Å². The minimum absolute atomic E-state index is 0.323. The molecule has 1 aromatic rings. The summed E-state index contributed by atoms with van der Waals surface area (Å²) in [6.45, 7) is 5.67. The average Bonchev–Trinajstić information content (AvgIpc) is 2.01. The van der Waals surface area contributed by atoms with Crippen LogP contribution in [-0.4, -0.2) is 13.4 Å². The van der Waals surface area contributed by atoms with Crippen LogP contribution in [0.15, 0.2) is 29.3 Å². The van der Waals surface area contributed by atoms with E-state index in [-0.39, 0.29) is 0 Å². The van der Waals surface area contributed by atoms with Gasteiger partial charge >= 0.3 is 0 Å². The SMILES string of the molecule is C=NCOc1cccc(C)c1. The molecule has 0 atom stereocenters. The lowest BCUT2D eigenvalue weighted by Crippen LogP contribution is -1.92. The Kier molecular flexibility index (Phi) is 2.66. The van der Waals surface area contributed by atoms with E-state index in [2.05, 4.69) is 11.7 Å². The van der Waals surface area contributed by atoms with Gasteiger partial charge in [-0.3, -0.25) is 4.99 Å². The number of hydrogen-bond acceptors (Lipinski definition) is 2. The predicted molar refractivity (Wildman–Crippen MR) is 46.2 cm³/mol. The number of hydrogen-bond donors (Lipinski definition) is 0. The first-order valence-electron chi connectivity index (χ1n) is 3.45. The van der Waals surface area contributed by atoms with E-state index in [0.717, 1.165) is 5.75 Å². The second-order valence-electron chi connectivity index (χ2n) is 2.31. The Morgan fingerprint density at radius 3 is 3.00 bits per heavy atom. The van der Waals surface area contributed by atoms with Gasteiger partial charge in [-0.2, -0.15) is 0 Å². The van der Waals surface area contributed by atoms with Crippen LogP contribution in [0.5, 0.6) is 5.75 Å². The van der Waals surface area contributed by atoms with Crippen LogP contribution in [0, 0.1) is 6.92 Å². The highest BCUT2D eigenvalue weighted by Gasteiger charge is 1.90. The van der Waals surface area contributed by atoms with Crippen LogP contribution in [0.3, 0.4) is 0 Å². The quantitative estimate of drug-likeness (QED) is 0.602. The average molecular weight is 149 g/mol. The topological polar surface area (TPSA) is 21.6 Å². The highest BCUT2D eigenvalue weighted by molar-refractivity contribution is 5.27. The molecule has 0 fully saturated rings. The van der Waals surface area contributed by atoms with Gasteiger partial charge in [0.25, 0.3) is 0 Å². The van der Waals surface area contributed by atoms with Crippen LogP contribution in [0.25, 0.3) is 0 Å². The van der Waals surface area contributed by atoms with Crippen LogP contribution in [-0.2, 0) is 0 Å². The first-order chi connectivity index (χ1) is 5.33. The maximum atomic E-state index is 5.21. The molecule has 2 nitrogen and oxygen atoms in total. The third-order valence-electron chi connectivity index (χ3n) is 1.31. The number of aliphatic imine (C=N–C) groups is 1. The monoisotopic (exact) mass is 149 g/mol. The van der Waals surface area contributed by atoms with Crippen molar-refractivity contribution in [3.05, 3.63) is 29.8 Å². The summed E-state index contributed by atoms with van der Waals surface area (Å²) in [4.78, 5) is 3.59. The molecule has 0 saturated carbocycles. The van der Waals surface area contributed by atoms with Gasteiger partial charge in [-0.15, -0.1) is 0 Å². The van der Waals surface area contributed by atoms with Gasteiger partial charge in [0.1, 0.15) is 5.75 Å². The van der Waals surface area contributed by atoms with E-state index in [4.69, 9.17) is 4.74 Å². The zero-order valence-corrected chi connectivity index (χ0v) is 6.58. The number of rotatable bonds is 3. The molecule has 0 bridgehead atoms. The third kappa shape index (κ3) is 2.42. The van der Waals surface area contributed by atoms with E-state index in [9.17, 15) is 0 Å². The summed E-state index contributed by atoms with van der Waals surface area (Å²) < 4.78 is 5.21. The van der Waals surface area contributed by atoms with Gasteiger partial charge in [0, 0.05) is 0 Å². The van der Waals surface area contributed by atoms with Crippen molar-refractivity contribution in [2.75, 3.05) is 6.73 Å². The molecule has 2 heteroatoms. The fraction of sp³-hybridized carbons (Fsp3) is 0.222. The first kappa shape index (κ1) is 7.79. The maximum absolute atomic E-state index is 5.21. The van der Waals surface area contributed by atoms with Gasteiger partial charge in [0.15, 0.2) is 6.73 Å². The second-order valence-corrected chi connectivity index (χ2v) is 2.31. The fourth-order valence-corrected chi connectivity index (χ4v) is 0.825. The molecule has 1 rings (SSSR count). The van der Waals surface area contributed by atoms with Gasteiger partial charge in [0.05, 0.1) is 0 Å². The molecule has 0 saturated heterocycles. The van der Waals surface area contributed by atoms with Crippen molar-refractivity contribution in [3.8, 4) is 5.75 Å². The Morgan fingerprint density at radius 2 is 2.36 bits per heavy atom. The van der Waals surface area contributed by atoms with E-state index in [1.54, 1.807) is 0 Å². The zero-order chi connectivity index (χ0) is 8.10. The van der Waals surface area contributed by atoms with E-state index < -0.39 is 0 Å². The minimum Gasteiger partial charge on any atom is -0.471 e.